The molecule has 3 rings (SSSR count). The highest BCUT2D eigenvalue weighted by molar-refractivity contribution is 5.88. The van der Waals surface area contributed by atoms with E-state index >= 15 is 0 Å². The van der Waals surface area contributed by atoms with Crippen molar-refractivity contribution in [1.29, 1.82) is 0 Å². The van der Waals surface area contributed by atoms with Crippen molar-refractivity contribution in [3.05, 3.63) is 54.4 Å². The first-order chi connectivity index (χ1) is 9.78. The zero-order chi connectivity index (χ0) is 13.9. The molecule has 1 N–H and O–H groups in total. The van der Waals surface area contributed by atoms with Crippen LogP contribution in [0.5, 0.6) is 0 Å². The quantitative estimate of drug-likeness (QED) is 0.741. The second-order valence-electron chi connectivity index (χ2n) is 4.22. The molecule has 0 saturated carbocycles. The van der Waals surface area contributed by atoms with Gasteiger partial charge in [-0.1, -0.05) is 18.2 Å². The van der Waals surface area contributed by atoms with Crippen molar-refractivity contribution in [2.45, 2.75) is 0 Å². The number of H-pyrrole nitrogens is 1. The predicted octanol–water partition coefficient (Wildman–Crippen LogP) is 3.12. The van der Waals surface area contributed by atoms with Gasteiger partial charge in [0, 0.05) is 11.1 Å². The summed E-state index contributed by atoms with van der Waals surface area (Å²) < 4.78 is 10.0. The second-order valence-corrected chi connectivity index (χ2v) is 4.22. The molecular weight excluding hydrogens is 256 g/mol. The maximum atomic E-state index is 11.4. The molecule has 0 saturated heterocycles. The lowest BCUT2D eigenvalue weighted by molar-refractivity contribution is 0.0594. The third-order valence-electron chi connectivity index (χ3n) is 2.95. The van der Waals surface area contributed by atoms with Crippen LogP contribution in [0.3, 0.4) is 0 Å². The predicted molar refractivity (Wildman–Crippen MR) is 73.1 cm³/mol. The Morgan fingerprint density at radius 3 is 2.80 bits per heavy atom. The molecule has 3 aromatic rings. The van der Waals surface area contributed by atoms with Gasteiger partial charge in [0.05, 0.1) is 19.1 Å². The van der Waals surface area contributed by atoms with Gasteiger partial charge < -0.3 is 9.15 Å². The van der Waals surface area contributed by atoms with Crippen molar-refractivity contribution in [3.8, 4) is 22.6 Å². The Morgan fingerprint density at radius 2 is 2.05 bits per heavy atom. The van der Waals surface area contributed by atoms with Crippen LogP contribution in [0.25, 0.3) is 22.6 Å². The topological polar surface area (TPSA) is 68.1 Å². The first-order valence-electron chi connectivity index (χ1n) is 6.06. The van der Waals surface area contributed by atoms with Crippen LogP contribution in [0, 0.1) is 0 Å². The van der Waals surface area contributed by atoms with Crippen molar-refractivity contribution >= 4 is 5.97 Å². The third-order valence-corrected chi connectivity index (χ3v) is 2.95. The van der Waals surface area contributed by atoms with Gasteiger partial charge in [-0.2, -0.15) is 5.10 Å². The molecule has 0 amide bonds. The summed E-state index contributed by atoms with van der Waals surface area (Å²) in [5, 5.41) is 6.78. The zero-order valence-corrected chi connectivity index (χ0v) is 10.8. The Labute approximate surface area is 115 Å². The maximum Gasteiger partial charge on any atom is 0.356 e. The number of benzene rings is 1. The molecule has 5 nitrogen and oxygen atoms in total. The van der Waals surface area contributed by atoms with Gasteiger partial charge in [-0.15, -0.1) is 0 Å². The van der Waals surface area contributed by atoms with Gasteiger partial charge in [-0.25, -0.2) is 4.79 Å². The Hall–Kier alpha value is -2.82. The molecule has 1 aromatic carbocycles. The van der Waals surface area contributed by atoms with Crippen molar-refractivity contribution in [2.24, 2.45) is 0 Å². The van der Waals surface area contributed by atoms with E-state index in [2.05, 4.69) is 14.9 Å². The van der Waals surface area contributed by atoms with E-state index < -0.39 is 5.97 Å². The van der Waals surface area contributed by atoms with Crippen LogP contribution in [-0.4, -0.2) is 23.3 Å². The molecule has 0 aliphatic carbocycles. The largest absolute Gasteiger partial charge is 0.464 e. The lowest BCUT2D eigenvalue weighted by Gasteiger charge is -2.00. The lowest BCUT2D eigenvalue weighted by atomic mass is 10.1. The summed E-state index contributed by atoms with van der Waals surface area (Å²) in [6.45, 7) is 0. The van der Waals surface area contributed by atoms with Crippen LogP contribution in [0.4, 0.5) is 0 Å². The summed E-state index contributed by atoms with van der Waals surface area (Å²) in [5.74, 6) is 0.349. The minimum absolute atomic E-state index is 0.325. The summed E-state index contributed by atoms with van der Waals surface area (Å²) >= 11 is 0. The van der Waals surface area contributed by atoms with Crippen molar-refractivity contribution in [1.82, 2.24) is 10.2 Å². The van der Waals surface area contributed by atoms with E-state index in [1.165, 1.54) is 7.11 Å². The van der Waals surface area contributed by atoms with Crippen LogP contribution < -0.4 is 0 Å². The van der Waals surface area contributed by atoms with E-state index in [1.807, 2.05) is 36.4 Å². The molecule has 5 heteroatoms. The van der Waals surface area contributed by atoms with Gasteiger partial charge in [0.1, 0.15) is 11.5 Å². The first-order valence-corrected chi connectivity index (χ1v) is 6.06. The maximum absolute atomic E-state index is 11.4. The molecule has 100 valence electrons. The number of aromatic amines is 1. The molecule has 20 heavy (non-hydrogen) atoms. The van der Waals surface area contributed by atoms with Gasteiger partial charge in [-0.3, -0.25) is 5.10 Å². The molecule has 2 aromatic heterocycles. The van der Waals surface area contributed by atoms with Crippen LogP contribution in [0.1, 0.15) is 10.5 Å². The van der Waals surface area contributed by atoms with E-state index in [-0.39, 0.29) is 0 Å². The molecule has 0 spiro atoms. The van der Waals surface area contributed by atoms with Crippen molar-refractivity contribution < 1.29 is 13.9 Å². The highest BCUT2D eigenvalue weighted by Gasteiger charge is 2.11. The summed E-state index contributed by atoms with van der Waals surface area (Å²) in [4.78, 5) is 11.4. The Kier molecular flexibility index (Phi) is 3.09. The molecule has 2 heterocycles. The Bertz CT molecular complexity index is 729. The minimum Gasteiger partial charge on any atom is -0.464 e. The highest BCUT2D eigenvalue weighted by Crippen LogP contribution is 2.25. The fraction of sp³-hybridized carbons (Fsp3) is 0.0667. The summed E-state index contributed by atoms with van der Waals surface area (Å²) in [7, 11) is 1.33. The molecule has 0 aliphatic rings. The number of rotatable bonds is 3. The smallest absolute Gasteiger partial charge is 0.356 e. The van der Waals surface area contributed by atoms with Gasteiger partial charge in [0.2, 0.25) is 0 Å². The van der Waals surface area contributed by atoms with E-state index in [1.54, 1.807) is 12.3 Å². The van der Waals surface area contributed by atoms with Crippen LogP contribution in [0.15, 0.2) is 53.1 Å². The molecule has 0 unspecified atom stereocenters. The Morgan fingerprint density at radius 1 is 1.20 bits per heavy atom. The van der Waals surface area contributed by atoms with Gasteiger partial charge >= 0.3 is 5.97 Å². The fourth-order valence-electron chi connectivity index (χ4n) is 1.96. The standard InChI is InChI=1S/C15H12N2O3/c1-19-15(18)13-9-12(16-17-13)10-4-2-5-11(8-10)14-6-3-7-20-14/h2-9H,1H3,(H,16,17). The number of methoxy groups -OCH3 is 1. The minimum atomic E-state index is -0.439. The van der Waals surface area contributed by atoms with Crippen molar-refractivity contribution in [3.63, 3.8) is 0 Å². The number of esters is 1. The van der Waals surface area contributed by atoms with Crippen LogP contribution in [-0.2, 0) is 4.74 Å². The number of furan rings is 1. The number of hydrogen-bond donors (Lipinski definition) is 1. The zero-order valence-electron chi connectivity index (χ0n) is 10.8. The van der Waals surface area contributed by atoms with Crippen LogP contribution >= 0.6 is 0 Å². The van der Waals surface area contributed by atoms with Gasteiger partial charge in [-0.05, 0) is 24.3 Å². The molecule has 0 fully saturated rings. The number of carbonyl (C=O) groups is 1. The third kappa shape index (κ3) is 2.21. The monoisotopic (exact) mass is 268 g/mol. The van der Waals surface area contributed by atoms with E-state index in [0.717, 1.165) is 16.9 Å². The molecular formula is C15H12N2O3. The van der Waals surface area contributed by atoms with E-state index in [9.17, 15) is 4.79 Å². The number of hydrogen-bond acceptors (Lipinski definition) is 4. The number of aromatic nitrogens is 2. The second kappa shape index (κ2) is 5.05. The number of ether oxygens (including phenoxy) is 1. The molecule has 0 bridgehead atoms. The normalized spacial score (nSPS) is 10.4. The highest BCUT2D eigenvalue weighted by atomic mass is 16.5. The SMILES string of the molecule is COC(=O)c1cc(-c2cccc(-c3ccco3)c2)n[nH]1. The summed E-state index contributed by atoms with van der Waals surface area (Å²) in [5.41, 5.74) is 2.85. The molecule has 0 aliphatic heterocycles. The first kappa shape index (κ1) is 12.2. The van der Waals surface area contributed by atoms with E-state index in [4.69, 9.17) is 4.42 Å². The number of nitrogens with one attached hydrogen (secondary N) is 1. The number of carbonyl (C=O) groups excluding carboxylic acids is 1. The Balaban J connectivity index is 1.96. The molecule has 0 radical (unpaired) electrons. The summed E-state index contributed by atoms with van der Waals surface area (Å²) in [6, 6.07) is 13.1. The fourth-order valence-corrected chi connectivity index (χ4v) is 1.96. The van der Waals surface area contributed by atoms with Gasteiger partial charge in [0.25, 0.3) is 0 Å². The number of nitrogens with zero attached hydrogens (tertiary/aromatic N) is 1. The van der Waals surface area contributed by atoms with Crippen LogP contribution in [0.2, 0.25) is 0 Å². The van der Waals surface area contributed by atoms with E-state index in [0.29, 0.717) is 11.4 Å². The lowest BCUT2D eigenvalue weighted by Crippen LogP contribution is -2.00. The average molecular weight is 268 g/mol. The molecule has 0 atom stereocenters. The average Bonchev–Trinajstić information content (AvgIpc) is 3.18. The summed E-state index contributed by atoms with van der Waals surface area (Å²) in [6.07, 6.45) is 1.63. The van der Waals surface area contributed by atoms with Crippen molar-refractivity contribution in [2.75, 3.05) is 7.11 Å². The van der Waals surface area contributed by atoms with Gasteiger partial charge in [0.15, 0.2) is 0 Å².